The Labute approximate surface area is 903 Å². The van der Waals surface area contributed by atoms with Gasteiger partial charge >= 0.3 is 12.1 Å². The van der Waals surface area contributed by atoms with E-state index in [9.17, 15) is 51.6 Å². The molecule has 0 spiro atoms. The van der Waals surface area contributed by atoms with Crippen molar-refractivity contribution < 1.29 is 98.9 Å². The van der Waals surface area contributed by atoms with E-state index in [4.69, 9.17) is 42.6 Å². The Bertz CT molecular complexity index is 7170. The first kappa shape index (κ1) is 116. The maximum Gasteiger partial charge on any atom is 0.416 e. The largest absolute Gasteiger partial charge is 0.506 e. The predicted molar refractivity (Wildman–Crippen MR) is 598 cm³/mol. The van der Waals surface area contributed by atoms with Gasteiger partial charge < -0.3 is 67.8 Å². The third kappa shape index (κ3) is 36.6. The molecule has 0 aliphatic rings. The van der Waals surface area contributed by atoms with Crippen LogP contribution < -0.4 is 42.6 Å². The number of para-hydroxylation sites is 1. The third-order valence-corrected chi connectivity index (χ3v) is 24.4. The summed E-state index contributed by atoms with van der Waals surface area (Å²) in [7, 11) is 14.0. The fourth-order valence-electron chi connectivity index (χ4n) is 12.8. The number of nitrogens with zero attached hydrogens (tertiary/aromatic N) is 7. The lowest BCUT2D eigenvalue weighted by molar-refractivity contribution is -0.137. The highest BCUT2D eigenvalue weighted by molar-refractivity contribution is 14.1. The van der Waals surface area contributed by atoms with Gasteiger partial charge in [-0.2, -0.15) is 13.2 Å². The van der Waals surface area contributed by atoms with Crippen LogP contribution in [-0.4, -0.2) is 134 Å². The predicted octanol–water partition coefficient (Wildman–Crippen LogP) is 31.9. The Morgan fingerprint density at radius 3 is 1.20 bits per heavy atom. The second-order valence-electron chi connectivity index (χ2n) is 31.0. The number of alkyl halides is 3. The van der Waals surface area contributed by atoms with Gasteiger partial charge in [0.15, 0.2) is 23.1 Å². The highest BCUT2D eigenvalue weighted by Crippen LogP contribution is 2.40. The number of carbonyl (C=O) groups excluding carboxylic acids is 1. The number of phenolic OH excluding ortho intramolecular Hbond substituents is 4. The molecular formula is C113H99Br5F6IN7O15. The molecular weight excluding hydrogens is 2340 g/mol. The summed E-state index contributed by atoms with van der Waals surface area (Å²) >= 11 is 18.6. The summed E-state index contributed by atoms with van der Waals surface area (Å²) in [6, 6.07) is 78.0. The van der Waals surface area contributed by atoms with Crippen LogP contribution in [0.2, 0.25) is 0 Å². The van der Waals surface area contributed by atoms with Gasteiger partial charge in [0.1, 0.15) is 74.8 Å². The Hall–Kier alpha value is -14.4. The molecule has 0 saturated carbocycles. The van der Waals surface area contributed by atoms with E-state index >= 15 is 0 Å². The Morgan fingerprint density at radius 2 is 0.728 bits per heavy atom. The van der Waals surface area contributed by atoms with Crippen molar-refractivity contribution in [2.75, 3.05) is 64.0 Å². The Balaban J connectivity index is 0.000000191. The Morgan fingerprint density at radius 1 is 0.313 bits per heavy atom. The number of carbonyl (C=O) groups is 1. The molecule has 0 unspecified atom stereocenters. The first-order valence-electron chi connectivity index (χ1n) is 43.8. The highest BCUT2D eigenvalue weighted by Gasteiger charge is 2.30. The van der Waals surface area contributed by atoms with Crippen LogP contribution >= 0.6 is 102 Å². The number of methoxy groups -OCH3 is 9. The van der Waals surface area contributed by atoms with Gasteiger partial charge in [-0.25, -0.2) is 18.0 Å². The SMILES string of the molecule is COC(=O)c1ccc(N=Cc2cc(OC)cc(Br)c2O)cc1.COc1cc(Br)c(O)c(C=Nc2ccc(C(F)(F)F)cc2)c1.COc1cc(Br)c(O)c(C=Nc2ccc(C)c(C)c2)c1.COc1ccc(N=Cc2cc(OC)c(OC)cc2OC)cc1.COc1cccc(C=Nc2ccc(F)cc2)c1.Cc1cc(C)c(N=Cc2cc(Br)c(O)c(Br)c2)c(C)c1.Fc1ccc(Oc2ccccc2C=Nc2ccc(I)cc2)cc1F. The molecule has 760 valence electrons. The summed E-state index contributed by atoms with van der Waals surface area (Å²) in [5.41, 5.74) is 15.8. The van der Waals surface area contributed by atoms with E-state index in [0.717, 1.165) is 95.5 Å². The summed E-state index contributed by atoms with van der Waals surface area (Å²) < 4.78 is 132. The molecule has 0 amide bonds. The van der Waals surface area contributed by atoms with E-state index in [0.29, 0.717) is 102 Å². The minimum absolute atomic E-state index is 0.0311. The Kier molecular flexibility index (Phi) is 45.9. The molecule has 0 aliphatic heterocycles. The molecule has 0 fully saturated rings. The summed E-state index contributed by atoms with van der Waals surface area (Å²) in [5, 5.41) is 39.6. The lowest BCUT2D eigenvalue weighted by Gasteiger charge is -2.11. The maximum atomic E-state index is 13.3. The quantitative estimate of drug-likeness (QED) is 0.0179. The van der Waals surface area contributed by atoms with Crippen molar-refractivity contribution in [1.29, 1.82) is 0 Å². The van der Waals surface area contributed by atoms with Gasteiger partial charge in [-0.1, -0.05) is 48.0 Å². The fraction of sp³-hybridized carbons (Fsp3) is 0.133. The molecule has 0 heterocycles. The third-order valence-electron chi connectivity index (χ3n) is 20.6. The second kappa shape index (κ2) is 58.1. The summed E-state index contributed by atoms with van der Waals surface area (Å²) in [4.78, 5) is 41.7. The van der Waals surface area contributed by atoms with E-state index in [1.807, 2.05) is 128 Å². The monoisotopic (exact) mass is 2430 g/mol. The van der Waals surface area contributed by atoms with Gasteiger partial charge in [0, 0.05) is 87.0 Å². The molecule has 147 heavy (non-hydrogen) atoms. The first-order chi connectivity index (χ1) is 70.3. The van der Waals surface area contributed by atoms with E-state index in [1.165, 1.54) is 73.7 Å². The van der Waals surface area contributed by atoms with Crippen LogP contribution in [0.25, 0.3) is 0 Å². The van der Waals surface area contributed by atoms with E-state index in [-0.39, 0.29) is 34.6 Å². The number of halogens is 12. The zero-order valence-electron chi connectivity index (χ0n) is 81.5. The van der Waals surface area contributed by atoms with Crippen LogP contribution in [0.1, 0.15) is 82.7 Å². The van der Waals surface area contributed by atoms with Gasteiger partial charge in [-0.05, 0) is 395 Å². The minimum Gasteiger partial charge on any atom is -0.506 e. The summed E-state index contributed by atoms with van der Waals surface area (Å²) in [6.07, 6.45) is 7.06. The van der Waals surface area contributed by atoms with Crippen LogP contribution in [0.5, 0.6) is 80.5 Å². The molecule has 0 radical (unpaired) electrons. The van der Waals surface area contributed by atoms with Crippen molar-refractivity contribution in [3.05, 3.63) is 400 Å². The molecule has 4 N–H and O–H groups in total. The van der Waals surface area contributed by atoms with Crippen LogP contribution in [0, 0.1) is 55.6 Å². The molecule has 0 aliphatic carbocycles. The van der Waals surface area contributed by atoms with Gasteiger partial charge in [-0.3, -0.25) is 34.9 Å². The summed E-state index contributed by atoms with van der Waals surface area (Å²) in [5.74, 6) is 3.88. The van der Waals surface area contributed by atoms with Crippen molar-refractivity contribution >= 4 is 192 Å². The fourth-order valence-corrected chi connectivity index (χ4v) is 15.7. The normalized spacial score (nSPS) is 11.0. The van der Waals surface area contributed by atoms with Crippen LogP contribution in [-0.2, 0) is 10.9 Å². The van der Waals surface area contributed by atoms with Crippen LogP contribution in [0.15, 0.2) is 336 Å². The van der Waals surface area contributed by atoms with Crippen molar-refractivity contribution in [3.63, 3.8) is 0 Å². The smallest absolute Gasteiger partial charge is 0.416 e. The second-order valence-corrected chi connectivity index (χ2v) is 36.5. The van der Waals surface area contributed by atoms with Gasteiger partial charge in [-0.15, -0.1) is 0 Å². The number of rotatable bonds is 25. The molecule has 0 atom stereocenters. The molecule has 15 aromatic carbocycles. The molecule has 22 nitrogen and oxygen atoms in total. The lowest BCUT2D eigenvalue weighted by atomic mass is 10.1. The molecule has 34 heteroatoms. The molecule has 0 aromatic heterocycles. The van der Waals surface area contributed by atoms with Crippen molar-refractivity contribution in [1.82, 2.24) is 0 Å². The van der Waals surface area contributed by atoms with Crippen LogP contribution in [0.3, 0.4) is 0 Å². The number of aromatic hydroxyl groups is 4. The van der Waals surface area contributed by atoms with Gasteiger partial charge in [0.05, 0.1) is 137 Å². The zero-order valence-corrected chi connectivity index (χ0v) is 91.6. The van der Waals surface area contributed by atoms with Crippen LogP contribution in [0.4, 0.5) is 66.2 Å². The van der Waals surface area contributed by atoms with Gasteiger partial charge in [0.25, 0.3) is 0 Å². The number of hydrogen-bond donors (Lipinski definition) is 4. The number of esters is 1. The average molecular weight is 2440 g/mol. The lowest BCUT2D eigenvalue weighted by Crippen LogP contribution is -2.03. The number of aryl methyl sites for hydroxylation is 5. The molecule has 0 bridgehead atoms. The number of phenols is 4. The zero-order chi connectivity index (χ0) is 107. The number of hydrogen-bond acceptors (Lipinski definition) is 22. The molecule has 15 aromatic rings. The van der Waals surface area contributed by atoms with E-state index in [1.54, 1.807) is 172 Å². The minimum atomic E-state index is -4.38. The van der Waals surface area contributed by atoms with Crippen molar-refractivity contribution in [2.45, 2.75) is 40.8 Å². The molecule has 15 rings (SSSR count). The highest BCUT2D eigenvalue weighted by atomic mass is 127. The molecule has 0 saturated heterocycles. The standard InChI is InChI=1S/C19H12F2INO.C17H19NO4.C16H15Br2NO.C16H14BrNO4.C16H16BrNO2.C15H11BrF3NO2.C14H12FNO/c20-17-10-9-16(11-18(17)21)24-19-4-2-1-3-13(19)12-23-15-7-5-14(22)6-8-15;1-19-14-7-5-13(6-8-14)18-11-12-9-16(21-3)17(22-4)10-15(12)20-2;1-9-4-10(2)15(11(3)5-9)19-8-12-6-13(17)16(20)14(18)7-12;1-21-13-7-11(15(19)14(17)8-13)9-18-12-5-3-10(4-6-12)16(20)22-2;1-10-4-5-13(6-11(10)2)18-9-12-7-14(20-3)8-15(17)16(12)19;1-22-12-6-9(14(21)13(16)7-12)8-20-11-4-2-10(3-5-11)15(17,18)19;1-17-14-4-2-3-11(9-14)10-16-13-7-5-12(15)6-8-13/h1-12H;5-11H,1-4H3;4-8,20H,1-3H3;3-9,19H,1-2H3;4-9,19H,1-3H3;2-8,21H,1H3;2-10H,1H3. The van der Waals surface area contributed by atoms with Crippen molar-refractivity contribution in [3.8, 4) is 80.5 Å². The van der Waals surface area contributed by atoms with E-state index < -0.39 is 29.3 Å². The number of aliphatic imine (C=N–C) groups is 7. The van der Waals surface area contributed by atoms with Crippen molar-refractivity contribution in [2.24, 2.45) is 34.9 Å². The maximum absolute atomic E-state index is 13.3. The van der Waals surface area contributed by atoms with Gasteiger partial charge in [0.2, 0.25) is 0 Å². The topological polar surface area (TPSA) is 277 Å². The number of benzene rings is 15. The first-order valence-corrected chi connectivity index (χ1v) is 48.9. The number of ether oxygens (including phenoxy) is 10. The van der Waals surface area contributed by atoms with E-state index in [2.05, 4.69) is 182 Å². The average Bonchev–Trinajstić information content (AvgIpc) is 0.886. The summed E-state index contributed by atoms with van der Waals surface area (Å²) in [6.45, 7) is 10.3.